The number of carbonyl (C=O) groups is 3. The maximum atomic E-state index is 12.7. The summed E-state index contributed by atoms with van der Waals surface area (Å²) >= 11 is 0. The van der Waals surface area contributed by atoms with Crippen molar-refractivity contribution in [1.29, 1.82) is 0 Å². The van der Waals surface area contributed by atoms with Gasteiger partial charge in [-0.1, -0.05) is 48.5 Å². The van der Waals surface area contributed by atoms with Gasteiger partial charge in [0, 0.05) is 0 Å². The van der Waals surface area contributed by atoms with Gasteiger partial charge >= 0.3 is 5.97 Å². The Morgan fingerprint density at radius 2 is 1.23 bits per heavy atom. The van der Waals surface area contributed by atoms with Crippen LogP contribution in [-0.4, -0.2) is 17.5 Å². The predicted octanol–water partition coefficient (Wildman–Crippen LogP) is 2.71. The minimum atomic E-state index is -1.93. The lowest BCUT2D eigenvalue weighted by Crippen LogP contribution is -2.50. The van der Waals surface area contributed by atoms with Crippen LogP contribution in [0.25, 0.3) is 0 Å². The molecule has 4 heteroatoms. The van der Waals surface area contributed by atoms with Crippen molar-refractivity contribution in [2.45, 2.75) is 19.3 Å². The largest absolute Gasteiger partial charge is 0.425 e. The Hall–Kier alpha value is -2.75. The second-order valence-corrected chi connectivity index (χ2v) is 4.93. The summed E-state index contributed by atoms with van der Waals surface area (Å²) in [6.07, 6.45) is 0. The van der Waals surface area contributed by atoms with Crippen LogP contribution in [0.2, 0.25) is 0 Å². The highest BCUT2D eigenvalue weighted by Crippen LogP contribution is 2.29. The van der Waals surface area contributed by atoms with Crippen molar-refractivity contribution < 1.29 is 19.1 Å². The number of Topliss-reactive ketones (excluding diaryl/α,β-unsaturated/α-hetero) is 2. The van der Waals surface area contributed by atoms with Crippen molar-refractivity contribution in [3.05, 3.63) is 66.2 Å². The lowest BCUT2D eigenvalue weighted by molar-refractivity contribution is -0.150. The molecule has 22 heavy (non-hydrogen) atoms. The average molecular weight is 296 g/mol. The molecule has 4 nitrogen and oxygen atoms in total. The van der Waals surface area contributed by atoms with Crippen LogP contribution in [-0.2, 0) is 19.8 Å². The first kappa shape index (κ1) is 15.6. The smallest absolute Gasteiger partial charge is 0.337 e. The first-order chi connectivity index (χ1) is 10.5. The molecule has 0 spiro atoms. The molecule has 0 aliphatic carbocycles. The Labute approximate surface area is 128 Å². The Bertz CT molecular complexity index is 676. The van der Waals surface area contributed by atoms with Crippen LogP contribution in [0, 0.1) is 0 Å². The number of carbonyl (C=O) groups excluding carboxylic acids is 3. The van der Waals surface area contributed by atoms with Gasteiger partial charge in [-0.2, -0.15) is 0 Å². The highest BCUT2D eigenvalue weighted by atomic mass is 16.5. The number of hydrogen-bond acceptors (Lipinski definition) is 4. The first-order valence-corrected chi connectivity index (χ1v) is 6.84. The van der Waals surface area contributed by atoms with Gasteiger partial charge in [-0.3, -0.25) is 9.59 Å². The Morgan fingerprint density at radius 3 is 1.68 bits per heavy atom. The van der Waals surface area contributed by atoms with Crippen LogP contribution in [0.1, 0.15) is 19.4 Å². The van der Waals surface area contributed by atoms with Crippen LogP contribution in [0.15, 0.2) is 60.7 Å². The first-order valence-electron chi connectivity index (χ1n) is 6.84. The number of para-hydroxylation sites is 1. The summed E-state index contributed by atoms with van der Waals surface area (Å²) in [5, 5.41) is 0. The van der Waals surface area contributed by atoms with E-state index in [-0.39, 0.29) is 5.75 Å². The zero-order chi connectivity index (χ0) is 16.2. The van der Waals surface area contributed by atoms with Crippen molar-refractivity contribution in [3.63, 3.8) is 0 Å². The minimum absolute atomic E-state index is 0.287. The van der Waals surface area contributed by atoms with Gasteiger partial charge in [0.2, 0.25) is 5.41 Å². The molecule has 0 saturated heterocycles. The summed E-state index contributed by atoms with van der Waals surface area (Å²) in [6, 6.07) is 16.6. The van der Waals surface area contributed by atoms with Gasteiger partial charge in [-0.25, -0.2) is 4.79 Å². The second kappa shape index (κ2) is 6.35. The molecular weight excluding hydrogens is 280 g/mol. The summed E-state index contributed by atoms with van der Waals surface area (Å²) in [5.74, 6) is -1.72. The molecule has 0 amide bonds. The van der Waals surface area contributed by atoms with E-state index in [0.29, 0.717) is 5.56 Å². The molecule has 0 heterocycles. The summed E-state index contributed by atoms with van der Waals surface area (Å²) in [7, 11) is 0. The fourth-order valence-electron chi connectivity index (χ4n) is 2.42. The van der Waals surface area contributed by atoms with Crippen LogP contribution in [0.4, 0.5) is 0 Å². The van der Waals surface area contributed by atoms with E-state index >= 15 is 0 Å². The number of ketones is 2. The van der Waals surface area contributed by atoms with Crippen molar-refractivity contribution in [1.82, 2.24) is 0 Å². The molecule has 0 aliphatic rings. The zero-order valence-electron chi connectivity index (χ0n) is 12.4. The van der Waals surface area contributed by atoms with Crippen molar-refractivity contribution in [2.24, 2.45) is 0 Å². The Morgan fingerprint density at radius 1 is 0.773 bits per heavy atom. The number of rotatable bonds is 5. The van der Waals surface area contributed by atoms with Gasteiger partial charge in [0.15, 0.2) is 11.6 Å². The number of esters is 1. The molecular formula is C18H16O4. The topological polar surface area (TPSA) is 60.4 Å². The molecule has 0 fully saturated rings. The molecule has 0 aromatic heterocycles. The molecule has 0 aliphatic heterocycles. The third-order valence-corrected chi connectivity index (χ3v) is 3.52. The summed E-state index contributed by atoms with van der Waals surface area (Å²) < 4.78 is 5.28. The van der Waals surface area contributed by atoms with Gasteiger partial charge in [0.05, 0.1) is 0 Å². The third kappa shape index (κ3) is 2.68. The second-order valence-electron chi connectivity index (χ2n) is 4.93. The standard InChI is InChI=1S/C18H16O4/c1-13(19)18(14(2)20,15-9-5-3-6-10-15)17(21)22-16-11-7-4-8-12-16/h3-12H,1-2H3. The molecule has 2 aromatic carbocycles. The van der Waals surface area contributed by atoms with Crippen molar-refractivity contribution in [2.75, 3.05) is 0 Å². The van der Waals surface area contributed by atoms with Crippen molar-refractivity contribution >= 4 is 17.5 Å². The van der Waals surface area contributed by atoms with Crippen LogP contribution in [0.5, 0.6) is 5.75 Å². The molecule has 0 unspecified atom stereocenters. The van der Waals surface area contributed by atoms with Gasteiger partial charge in [-0.05, 0) is 31.5 Å². The van der Waals surface area contributed by atoms with E-state index < -0.39 is 23.0 Å². The SMILES string of the molecule is CC(=O)C(C(C)=O)(C(=O)Oc1ccccc1)c1ccccc1. The van der Waals surface area contributed by atoms with Crippen molar-refractivity contribution in [3.8, 4) is 5.75 Å². The number of ether oxygens (including phenoxy) is 1. The highest BCUT2D eigenvalue weighted by molar-refractivity contribution is 6.27. The van der Waals surface area contributed by atoms with Crippen LogP contribution in [0.3, 0.4) is 0 Å². The summed E-state index contributed by atoms with van der Waals surface area (Å²) in [5.41, 5.74) is -1.62. The summed E-state index contributed by atoms with van der Waals surface area (Å²) in [6.45, 7) is 2.45. The highest BCUT2D eigenvalue weighted by Gasteiger charge is 2.51. The third-order valence-electron chi connectivity index (χ3n) is 3.52. The number of hydrogen-bond donors (Lipinski definition) is 0. The normalized spacial score (nSPS) is 10.8. The van der Waals surface area contributed by atoms with E-state index in [1.54, 1.807) is 60.7 Å². The lowest BCUT2D eigenvalue weighted by Gasteiger charge is -2.26. The fourth-order valence-corrected chi connectivity index (χ4v) is 2.42. The number of benzene rings is 2. The molecule has 2 aromatic rings. The van der Waals surface area contributed by atoms with E-state index in [0.717, 1.165) is 0 Å². The molecule has 0 atom stereocenters. The molecule has 2 rings (SSSR count). The predicted molar refractivity (Wildman–Crippen MR) is 81.6 cm³/mol. The fraction of sp³-hybridized carbons (Fsp3) is 0.167. The lowest BCUT2D eigenvalue weighted by atomic mass is 9.74. The van der Waals surface area contributed by atoms with Gasteiger partial charge in [0.1, 0.15) is 5.75 Å². The molecule has 0 saturated carbocycles. The van der Waals surface area contributed by atoms with Crippen LogP contribution >= 0.6 is 0 Å². The minimum Gasteiger partial charge on any atom is -0.425 e. The maximum Gasteiger partial charge on any atom is 0.337 e. The summed E-state index contributed by atoms with van der Waals surface area (Å²) in [4.78, 5) is 37.1. The Kier molecular flexibility index (Phi) is 4.51. The zero-order valence-corrected chi connectivity index (χ0v) is 12.4. The van der Waals surface area contributed by atoms with E-state index in [1.807, 2.05) is 0 Å². The van der Waals surface area contributed by atoms with E-state index in [4.69, 9.17) is 4.74 Å². The van der Waals surface area contributed by atoms with Crippen LogP contribution < -0.4 is 4.74 Å². The van der Waals surface area contributed by atoms with Gasteiger partial charge in [-0.15, -0.1) is 0 Å². The molecule has 112 valence electrons. The Balaban J connectivity index is 2.51. The van der Waals surface area contributed by atoms with E-state index in [2.05, 4.69) is 0 Å². The van der Waals surface area contributed by atoms with Gasteiger partial charge < -0.3 is 4.74 Å². The quantitative estimate of drug-likeness (QED) is 0.483. The van der Waals surface area contributed by atoms with E-state index in [9.17, 15) is 14.4 Å². The van der Waals surface area contributed by atoms with Gasteiger partial charge in [0.25, 0.3) is 0 Å². The molecule has 0 N–H and O–H groups in total. The van der Waals surface area contributed by atoms with E-state index in [1.165, 1.54) is 13.8 Å². The monoisotopic (exact) mass is 296 g/mol. The average Bonchev–Trinajstić information content (AvgIpc) is 2.49. The maximum absolute atomic E-state index is 12.7. The molecule has 0 radical (unpaired) electrons. The molecule has 0 bridgehead atoms.